The molecule has 240 valence electrons. The van der Waals surface area contributed by atoms with Crippen LogP contribution >= 0.6 is 48.0 Å². The van der Waals surface area contributed by atoms with Gasteiger partial charge in [-0.25, -0.2) is 9.59 Å². The van der Waals surface area contributed by atoms with Gasteiger partial charge >= 0.3 is 12.2 Å². The van der Waals surface area contributed by atoms with Gasteiger partial charge in [0.05, 0.1) is 23.0 Å². The minimum absolute atomic E-state index is 0.0379. The molecule has 0 aromatic rings. The van der Waals surface area contributed by atoms with Crippen molar-refractivity contribution in [2.75, 3.05) is 78.7 Å². The van der Waals surface area contributed by atoms with Crippen LogP contribution in [0.25, 0.3) is 0 Å². The molecule has 4 fully saturated rings. The summed E-state index contributed by atoms with van der Waals surface area (Å²) in [5.41, 5.74) is 0. The quantitative estimate of drug-likeness (QED) is 0.269. The van der Waals surface area contributed by atoms with Crippen LogP contribution < -0.4 is 0 Å². The molecule has 18 heteroatoms. The van der Waals surface area contributed by atoms with E-state index in [1.807, 2.05) is 0 Å². The number of carbonyl (C=O) groups is 6. The first-order valence-electron chi connectivity index (χ1n) is 14.3. The summed E-state index contributed by atoms with van der Waals surface area (Å²) in [6.45, 7) is 7.08. The molecule has 4 saturated heterocycles. The standard InChI is InChI=1S/C26H34N6O8S4/c1-3-39-23(37)29-13-9-27(10-14-29)17(33)5-7-31-21(35)19(43-25(31)41)20-22(36)32(26(42)44-20)8-6-18(34)28-11-15-30(16-12-28)24(38)40-4-2/h3-16H2,1-2H3. The molecule has 4 heterocycles. The van der Waals surface area contributed by atoms with Gasteiger partial charge in [0.1, 0.15) is 8.64 Å². The molecule has 0 saturated carbocycles. The first kappa shape index (κ1) is 33.9. The van der Waals surface area contributed by atoms with E-state index >= 15 is 0 Å². The molecule has 0 unspecified atom stereocenters. The van der Waals surface area contributed by atoms with Gasteiger partial charge in [-0.1, -0.05) is 48.0 Å². The van der Waals surface area contributed by atoms with Crippen LogP contribution in [-0.4, -0.2) is 153 Å². The van der Waals surface area contributed by atoms with Crippen LogP contribution in [0.5, 0.6) is 0 Å². The number of thioether (sulfide) groups is 2. The van der Waals surface area contributed by atoms with Crippen molar-refractivity contribution in [3.8, 4) is 0 Å². The zero-order valence-corrected chi connectivity index (χ0v) is 27.7. The number of amides is 6. The van der Waals surface area contributed by atoms with E-state index in [0.29, 0.717) is 52.4 Å². The summed E-state index contributed by atoms with van der Waals surface area (Å²) < 4.78 is 10.5. The van der Waals surface area contributed by atoms with E-state index in [-0.39, 0.29) is 69.4 Å². The number of carbonyl (C=O) groups excluding carboxylic acids is 6. The summed E-state index contributed by atoms with van der Waals surface area (Å²) in [5, 5.41) is 0. The van der Waals surface area contributed by atoms with Crippen LogP contribution in [0, 0.1) is 0 Å². The summed E-state index contributed by atoms with van der Waals surface area (Å²) in [7, 11) is 0. The maximum absolute atomic E-state index is 13.3. The minimum atomic E-state index is -0.462. The number of hydrogen-bond acceptors (Lipinski definition) is 12. The van der Waals surface area contributed by atoms with Crippen molar-refractivity contribution in [1.82, 2.24) is 29.4 Å². The lowest BCUT2D eigenvalue weighted by molar-refractivity contribution is -0.134. The number of ether oxygens (including phenoxy) is 2. The molecule has 4 aliphatic heterocycles. The van der Waals surface area contributed by atoms with E-state index in [0.717, 1.165) is 23.5 Å². The lowest BCUT2D eigenvalue weighted by Crippen LogP contribution is -2.51. The highest BCUT2D eigenvalue weighted by Gasteiger charge is 2.42. The van der Waals surface area contributed by atoms with E-state index in [1.165, 1.54) is 9.80 Å². The predicted octanol–water partition coefficient (Wildman–Crippen LogP) is 1.30. The van der Waals surface area contributed by atoms with Crippen molar-refractivity contribution in [3.63, 3.8) is 0 Å². The molecule has 14 nitrogen and oxygen atoms in total. The second-order valence-electron chi connectivity index (χ2n) is 9.94. The van der Waals surface area contributed by atoms with Crippen molar-refractivity contribution < 1.29 is 38.2 Å². The van der Waals surface area contributed by atoms with Crippen LogP contribution in [0.1, 0.15) is 26.7 Å². The summed E-state index contributed by atoms with van der Waals surface area (Å²) >= 11 is 12.8. The van der Waals surface area contributed by atoms with Crippen molar-refractivity contribution in [2.24, 2.45) is 0 Å². The Bertz CT molecular complexity index is 1170. The lowest BCUT2D eigenvalue weighted by Gasteiger charge is -2.34. The second-order valence-corrected chi connectivity index (χ2v) is 13.2. The largest absolute Gasteiger partial charge is 0.450 e. The molecule has 4 aliphatic rings. The fraction of sp³-hybridized carbons (Fsp3) is 0.615. The normalized spacial score (nSPS) is 21.0. The predicted molar refractivity (Wildman–Crippen MR) is 170 cm³/mol. The van der Waals surface area contributed by atoms with Crippen molar-refractivity contribution in [2.45, 2.75) is 26.7 Å². The number of hydrogen-bond donors (Lipinski definition) is 0. The number of nitrogens with zero attached hydrogens (tertiary/aromatic N) is 6. The van der Waals surface area contributed by atoms with Gasteiger partial charge in [-0.3, -0.25) is 29.0 Å². The number of rotatable bonds is 8. The maximum Gasteiger partial charge on any atom is 0.409 e. The third kappa shape index (κ3) is 7.81. The fourth-order valence-corrected chi connectivity index (χ4v) is 7.66. The molecule has 4 rings (SSSR count). The van der Waals surface area contributed by atoms with Crippen molar-refractivity contribution in [1.29, 1.82) is 0 Å². The van der Waals surface area contributed by atoms with Gasteiger partial charge in [0.15, 0.2) is 0 Å². The Labute approximate surface area is 274 Å². The first-order chi connectivity index (χ1) is 21.0. The Hall–Kier alpha value is -2.96. The van der Waals surface area contributed by atoms with Gasteiger partial charge in [0, 0.05) is 78.3 Å². The minimum Gasteiger partial charge on any atom is -0.450 e. The smallest absolute Gasteiger partial charge is 0.409 e. The van der Waals surface area contributed by atoms with Crippen LogP contribution in [0.2, 0.25) is 0 Å². The summed E-state index contributed by atoms with van der Waals surface area (Å²) in [5.74, 6) is -1.26. The van der Waals surface area contributed by atoms with E-state index < -0.39 is 24.0 Å². The molecule has 6 amide bonds. The van der Waals surface area contributed by atoms with Crippen molar-refractivity contribution in [3.05, 3.63) is 9.81 Å². The summed E-state index contributed by atoms with van der Waals surface area (Å²) in [4.78, 5) is 85.3. The molecule has 0 aromatic carbocycles. The third-order valence-corrected chi connectivity index (χ3v) is 10.3. The molecular formula is C26H34N6O8S4. The Morgan fingerprint density at radius 2 is 0.932 bits per heavy atom. The fourth-order valence-electron chi connectivity index (χ4n) is 4.89. The molecular weight excluding hydrogens is 653 g/mol. The van der Waals surface area contributed by atoms with E-state index in [9.17, 15) is 28.8 Å². The molecule has 0 N–H and O–H groups in total. The van der Waals surface area contributed by atoms with Crippen LogP contribution in [0.15, 0.2) is 9.81 Å². The number of piperazine rings is 2. The van der Waals surface area contributed by atoms with Gasteiger partial charge in [-0.05, 0) is 13.8 Å². The molecule has 44 heavy (non-hydrogen) atoms. The van der Waals surface area contributed by atoms with Crippen LogP contribution in [0.4, 0.5) is 9.59 Å². The van der Waals surface area contributed by atoms with E-state index in [1.54, 1.807) is 33.4 Å². The zero-order valence-electron chi connectivity index (χ0n) is 24.5. The Morgan fingerprint density at radius 3 is 1.25 bits per heavy atom. The van der Waals surface area contributed by atoms with E-state index in [4.69, 9.17) is 33.9 Å². The number of thiocarbonyl (C=S) groups is 2. The van der Waals surface area contributed by atoms with E-state index in [2.05, 4.69) is 0 Å². The zero-order chi connectivity index (χ0) is 32.0. The molecule has 0 bridgehead atoms. The van der Waals surface area contributed by atoms with Gasteiger partial charge < -0.3 is 29.1 Å². The Morgan fingerprint density at radius 1 is 0.614 bits per heavy atom. The monoisotopic (exact) mass is 686 g/mol. The van der Waals surface area contributed by atoms with Gasteiger partial charge in [0.25, 0.3) is 11.8 Å². The first-order valence-corrected chi connectivity index (χ1v) is 16.7. The molecule has 0 radical (unpaired) electrons. The SMILES string of the molecule is CCOC(=O)N1CCN(C(=O)CCN2C(=O)C(=C3SC(=S)N(CCC(=O)N4CCN(C(=O)OCC)CC4)C3=O)SC2=S)CC1. The maximum atomic E-state index is 13.3. The Balaban J connectivity index is 1.27. The highest BCUT2D eigenvalue weighted by atomic mass is 32.2. The Kier molecular flexibility index (Phi) is 11.8. The van der Waals surface area contributed by atoms with Gasteiger partial charge in [-0.2, -0.15) is 0 Å². The van der Waals surface area contributed by atoms with Crippen molar-refractivity contribution >= 4 is 92.4 Å². The molecule has 0 spiro atoms. The lowest BCUT2D eigenvalue weighted by atomic mass is 10.2. The highest BCUT2D eigenvalue weighted by Crippen LogP contribution is 2.42. The van der Waals surface area contributed by atoms with Gasteiger partial charge in [0.2, 0.25) is 11.8 Å². The highest BCUT2D eigenvalue weighted by molar-refractivity contribution is 8.29. The van der Waals surface area contributed by atoms with Gasteiger partial charge in [-0.15, -0.1) is 0 Å². The third-order valence-electron chi connectivity index (χ3n) is 7.32. The average molecular weight is 687 g/mol. The summed E-state index contributed by atoms with van der Waals surface area (Å²) in [6, 6.07) is 0. The summed E-state index contributed by atoms with van der Waals surface area (Å²) in [6.07, 6.45) is -0.730. The average Bonchev–Trinajstić information content (AvgIpc) is 3.46. The topological polar surface area (TPSA) is 140 Å². The van der Waals surface area contributed by atoms with Crippen LogP contribution in [0.3, 0.4) is 0 Å². The second kappa shape index (κ2) is 15.4. The molecule has 0 aliphatic carbocycles. The van der Waals surface area contributed by atoms with Crippen LogP contribution in [-0.2, 0) is 28.7 Å². The molecule has 0 atom stereocenters. The molecule has 0 aromatic heterocycles.